The molecule has 2 heteroatoms. The molecule has 0 spiro atoms. The van der Waals surface area contributed by atoms with E-state index in [9.17, 15) is 10.2 Å². The van der Waals surface area contributed by atoms with Crippen molar-refractivity contribution in [2.75, 3.05) is 6.61 Å². The van der Waals surface area contributed by atoms with Crippen LogP contribution in [0.3, 0.4) is 0 Å². The Morgan fingerprint density at radius 2 is 1.09 bits per heavy atom. The number of aromatic hydroxyl groups is 1. The Kier molecular flexibility index (Phi) is 14.5. The molecule has 0 aliphatic rings. The Balaban J connectivity index is 2.43. The van der Waals surface area contributed by atoms with Gasteiger partial charge in [-0.1, -0.05) is 150 Å². The number of phenols is 1. The minimum Gasteiger partial charge on any atom is -0.507 e. The summed E-state index contributed by atoms with van der Waals surface area (Å²) in [6.45, 7) is 15.5. The summed E-state index contributed by atoms with van der Waals surface area (Å²) in [5, 5.41) is 21.3. The summed E-state index contributed by atoms with van der Waals surface area (Å²) < 4.78 is 0. The second-order valence-electron chi connectivity index (χ2n) is 12.7. The van der Waals surface area contributed by atoms with Crippen LogP contribution in [0.5, 0.6) is 5.75 Å². The van der Waals surface area contributed by atoms with Crippen molar-refractivity contribution in [2.24, 2.45) is 0 Å². The number of hydrogen-bond acceptors (Lipinski definition) is 2. The van der Waals surface area contributed by atoms with Gasteiger partial charge in [0.05, 0.1) is 6.61 Å². The molecule has 1 unspecified atom stereocenters. The molecule has 0 aliphatic carbocycles. The van der Waals surface area contributed by atoms with Gasteiger partial charge >= 0.3 is 0 Å². The van der Waals surface area contributed by atoms with Crippen LogP contribution >= 0.6 is 0 Å². The number of benzene rings is 1. The Morgan fingerprint density at radius 3 is 1.47 bits per heavy atom. The van der Waals surface area contributed by atoms with Gasteiger partial charge in [-0.2, -0.15) is 0 Å². The largest absolute Gasteiger partial charge is 0.507 e. The maximum absolute atomic E-state index is 11.1. The van der Waals surface area contributed by atoms with Crippen LogP contribution in [0.2, 0.25) is 0 Å². The lowest BCUT2D eigenvalue weighted by Crippen LogP contribution is -2.19. The molecule has 34 heavy (non-hydrogen) atoms. The number of aliphatic hydroxyl groups is 1. The van der Waals surface area contributed by atoms with E-state index >= 15 is 0 Å². The van der Waals surface area contributed by atoms with Gasteiger partial charge in [0.15, 0.2) is 0 Å². The fourth-order valence-electron chi connectivity index (χ4n) is 4.90. The van der Waals surface area contributed by atoms with Crippen LogP contribution in [0.1, 0.15) is 167 Å². The molecule has 1 aromatic rings. The second kappa shape index (κ2) is 15.9. The molecule has 0 saturated carbocycles. The lowest BCUT2D eigenvalue weighted by atomic mass is 9.77. The smallest absolute Gasteiger partial charge is 0.122 e. The normalized spacial score (nSPS) is 13.4. The third-order valence-electron chi connectivity index (χ3n) is 7.38. The van der Waals surface area contributed by atoms with E-state index in [4.69, 9.17) is 0 Å². The fourth-order valence-corrected chi connectivity index (χ4v) is 4.90. The maximum atomic E-state index is 11.1. The summed E-state index contributed by atoms with van der Waals surface area (Å²) in [4.78, 5) is 0. The van der Waals surface area contributed by atoms with Gasteiger partial charge in [0.25, 0.3) is 0 Å². The van der Waals surface area contributed by atoms with Gasteiger partial charge in [-0.3, -0.25) is 0 Å². The van der Waals surface area contributed by atoms with E-state index in [2.05, 4.69) is 60.6 Å². The standard InChI is InChI=1S/C32H58O2/c1-8-9-10-11-12-13-14-15-16-17-18-19-20-21-22-26(25-33)28-23-27(31(2,3)4)24-29(30(28)34)32(5,6)7/h23-24,26,33-34H,8-22,25H2,1-7H3. The first kappa shape index (κ1) is 31.0. The van der Waals surface area contributed by atoms with Crippen molar-refractivity contribution in [3.63, 3.8) is 0 Å². The molecule has 198 valence electrons. The van der Waals surface area contributed by atoms with E-state index in [0.717, 1.165) is 24.0 Å². The van der Waals surface area contributed by atoms with Gasteiger partial charge < -0.3 is 10.2 Å². The first-order valence-corrected chi connectivity index (χ1v) is 14.5. The van der Waals surface area contributed by atoms with Gasteiger partial charge in [0.1, 0.15) is 5.75 Å². The van der Waals surface area contributed by atoms with Crippen LogP contribution in [0.15, 0.2) is 12.1 Å². The molecule has 0 aromatic heterocycles. The van der Waals surface area contributed by atoms with Gasteiger partial charge in [0, 0.05) is 5.92 Å². The number of rotatable bonds is 17. The van der Waals surface area contributed by atoms with E-state index in [0.29, 0.717) is 5.75 Å². The van der Waals surface area contributed by atoms with E-state index in [1.807, 2.05) is 0 Å². The van der Waals surface area contributed by atoms with Crippen molar-refractivity contribution < 1.29 is 10.2 Å². The Bertz CT molecular complexity index is 663. The molecule has 0 fully saturated rings. The predicted molar refractivity (Wildman–Crippen MR) is 150 cm³/mol. The summed E-state index contributed by atoms with van der Waals surface area (Å²) in [5.74, 6) is 0.408. The van der Waals surface area contributed by atoms with E-state index < -0.39 is 0 Å². The molecule has 0 amide bonds. The highest BCUT2D eigenvalue weighted by molar-refractivity contribution is 5.50. The lowest BCUT2D eigenvalue weighted by molar-refractivity contribution is 0.253. The zero-order valence-electron chi connectivity index (χ0n) is 23.9. The van der Waals surface area contributed by atoms with Gasteiger partial charge in [-0.05, 0) is 33.9 Å². The third-order valence-corrected chi connectivity index (χ3v) is 7.38. The van der Waals surface area contributed by atoms with Crippen molar-refractivity contribution >= 4 is 0 Å². The summed E-state index contributed by atoms with van der Waals surface area (Å²) >= 11 is 0. The van der Waals surface area contributed by atoms with Gasteiger partial charge in [0.2, 0.25) is 0 Å². The first-order chi connectivity index (χ1) is 16.0. The average Bonchev–Trinajstić information content (AvgIpc) is 2.75. The molecule has 2 nitrogen and oxygen atoms in total. The highest BCUT2D eigenvalue weighted by Crippen LogP contribution is 2.41. The zero-order chi connectivity index (χ0) is 25.6. The van der Waals surface area contributed by atoms with Crippen LogP contribution in [-0.4, -0.2) is 16.8 Å². The molecule has 1 atom stereocenters. The van der Waals surface area contributed by atoms with Crippen LogP contribution in [0, 0.1) is 0 Å². The first-order valence-electron chi connectivity index (χ1n) is 14.5. The van der Waals surface area contributed by atoms with E-state index in [1.54, 1.807) is 0 Å². The fraction of sp³-hybridized carbons (Fsp3) is 0.812. The number of aliphatic hydroxyl groups excluding tert-OH is 1. The number of phenolic OH excluding ortho intramolecular Hbond substituents is 1. The van der Waals surface area contributed by atoms with Crippen LogP contribution in [-0.2, 0) is 10.8 Å². The van der Waals surface area contributed by atoms with Crippen LogP contribution < -0.4 is 0 Å². The average molecular weight is 475 g/mol. The maximum Gasteiger partial charge on any atom is 0.122 e. The molecule has 0 heterocycles. The molecular weight excluding hydrogens is 416 g/mol. The number of unbranched alkanes of at least 4 members (excludes halogenated alkanes) is 13. The molecule has 1 aromatic carbocycles. The molecule has 0 radical (unpaired) electrons. The van der Waals surface area contributed by atoms with Crippen molar-refractivity contribution in [1.82, 2.24) is 0 Å². The molecule has 2 N–H and O–H groups in total. The zero-order valence-corrected chi connectivity index (χ0v) is 23.9. The summed E-state index contributed by atoms with van der Waals surface area (Å²) in [5.41, 5.74) is 3.06. The van der Waals surface area contributed by atoms with Crippen molar-refractivity contribution in [3.8, 4) is 5.75 Å². The summed E-state index contributed by atoms with van der Waals surface area (Å²) in [6.07, 6.45) is 19.9. The van der Waals surface area contributed by atoms with Crippen molar-refractivity contribution in [3.05, 3.63) is 28.8 Å². The predicted octanol–water partition coefficient (Wildman–Crippen LogP) is 9.93. The summed E-state index contributed by atoms with van der Waals surface area (Å²) in [7, 11) is 0. The van der Waals surface area contributed by atoms with Crippen molar-refractivity contribution in [1.29, 1.82) is 0 Å². The molecule has 1 rings (SSSR count). The Hall–Kier alpha value is -1.02. The second-order valence-corrected chi connectivity index (χ2v) is 12.7. The minimum atomic E-state index is -0.130. The Labute approximate surface area is 213 Å². The highest BCUT2D eigenvalue weighted by Gasteiger charge is 2.27. The third kappa shape index (κ3) is 11.6. The summed E-state index contributed by atoms with van der Waals surface area (Å²) in [6, 6.07) is 4.31. The topological polar surface area (TPSA) is 40.5 Å². The number of hydrogen-bond donors (Lipinski definition) is 2. The highest BCUT2D eigenvalue weighted by atomic mass is 16.3. The Morgan fingerprint density at radius 1 is 0.647 bits per heavy atom. The van der Waals surface area contributed by atoms with Gasteiger partial charge in [-0.15, -0.1) is 0 Å². The monoisotopic (exact) mass is 474 g/mol. The van der Waals surface area contributed by atoms with Crippen LogP contribution in [0.4, 0.5) is 0 Å². The van der Waals surface area contributed by atoms with Crippen LogP contribution in [0.25, 0.3) is 0 Å². The van der Waals surface area contributed by atoms with E-state index in [1.165, 1.54) is 89.0 Å². The SMILES string of the molecule is CCCCCCCCCCCCCCCCC(CO)c1cc(C(C)(C)C)cc(C(C)(C)C)c1O. The lowest BCUT2D eigenvalue weighted by Gasteiger charge is -2.29. The molecule has 0 saturated heterocycles. The van der Waals surface area contributed by atoms with Gasteiger partial charge in [-0.25, -0.2) is 0 Å². The molecule has 0 aliphatic heterocycles. The van der Waals surface area contributed by atoms with Crippen molar-refractivity contribution in [2.45, 2.75) is 162 Å². The molecular formula is C32H58O2. The minimum absolute atomic E-state index is 0.0114. The quantitative estimate of drug-likeness (QED) is 0.220. The molecule has 0 bridgehead atoms. The van der Waals surface area contributed by atoms with E-state index in [-0.39, 0.29) is 23.4 Å².